The molecule has 1 saturated heterocycles. The fourth-order valence-electron chi connectivity index (χ4n) is 2.52. The fraction of sp³-hybridized carbons (Fsp3) is 0.467. The van der Waals surface area contributed by atoms with Crippen LogP contribution >= 0.6 is 11.3 Å². The van der Waals surface area contributed by atoms with Gasteiger partial charge < -0.3 is 10.0 Å². The SMILES string of the molecule is O=C(O)CC[C@H]1CCCCN1C(=O)/C=C/c1cccs1. The quantitative estimate of drug-likeness (QED) is 0.849. The molecule has 108 valence electrons. The van der Waals surface area contributed by atoms with Crippen molar-refractivity contribution < 1.29 is 14.7 Å². The molecule has 1 N–H and O–H groups in total. The molecule has 1 aliphatic heterocycles. The van der Waals surface area contributed by atoms with E-state index in [0.717, 1.165) is 30.7 Å². The molecule has 0 saturated carbocycles. The van der Waals surface area contributed by atoms with Crippen molar-refractivity contribution in [1.29, 1.82) is 0 Å². The van der Waals surface area contributed by atoms with Crippen LogP contribution in [0.25, 0.3) is 6.08 Å². The smallest absolute Gasteiger partial charge is 0.303 e. The standard InChI is InChI=1S/C15H19NO3S/c17-14(8-7-13-5-3-11-20-13)16-10-2-1-4-12(16)6-9-15(18)19/h3,5,7-8,11-12H,1-2,4,6,9-10H2,(H,18,19)/b8-7+/t12-/m1/s1. The van der Waals surface area contributed by atoms with Crippen LogP contribution in [0.3, 0.4) is 0 Å². The first-order valence-corrected chi connectivity index (χ1v) is 7.79. The Morgan fingerprint density at radius 3 is 3.00 bits per heavy atom. The number of carboxylic acids is 1. The molecule has 2 heterocycles. The summed E-state index contributed by atoms with van der Waals surface area (Å²) in [5.41, 5.74) is 0. The van der Waals surface area contributed by atoms with Gasteiger partial charge in [-0.25, -0.2) is 0 Å². The van der Waals surface area contributed by atoms with Crippen molar-refractivity contribution in [3.8, 4) is 0 Å². The third-order valence-electron chi connectivity index (χ3n) is 3.54. The number of carbonyl (C=O) groups is 2. The first-order chi connectivity index (χ1) is 9.66. The zero-order chi connectivity index (χ0) is 14.4. The number of thiophene rings is 1. The number of rotatable bonds is 5. The van der Waals surface area contributed by atoms with Crippen molar-refractivity contribution in [1.82, 2.24) is 4.90 Å². The van der Waals surface area contributed by atoms with Gasteiger partial charge in [-0.3, -0.25) is 9.59 Å². The van der Waals surface area contributed by atoms with E-state index in [1.165, 1.54) is 0 Å². The highest BCUT2D eigenvalue weighted by molar-refractivity contribution is 7.10. The third kappa shape index (κ3) is 4.20. The van der Waals surface area contributed by atoms with Gasteiger partial charge in [0.25, 0.3) is 0 Å². The summed E-state index contributed by atoms with van der Waals surface area (Å²) in [6.07, 6.45) is 7.09. The summed E-state index contributed by atoms with van der Waals surface area (Å²) in [5.74, 6) is -0.800. The first-order valence-electron chi connectivity index (χ1n) is 6.91. The fourth-order valence-corrected chi connectivity index (χ4v) is 3.13. The number of likely N-dealkylation sites (tertiary alicyclic amines) is 1. The molecule has 0 aliphatic carbocycles. The van der Waals surface area contributed by atoms with Crippen LogP contribution in [0.15, 0.2) is 23.6 Å². The lowest BCUT2D eigenvalue weighted by Gasteiger charge is -2.35. The summed E-state index contributed by atoms with van der Waals surface area (Å²) in [7, 11) is 0. The van der Waals surface area contributed by atoms with Crippen molar-refractivity contribution in [2.75, 3.05) is 6.54 Å². The summed E-state index contributed by atoms with van der Waals surface area (Å²) in [6.45, 7) is 0.734. The topological polar surface area (TPSA) is 57.6 Å². The molecule has 1 aromatic heterocycles. The van der Waals surface area contributed by atoms with Gasteiger partial charge in [0.15, 0.2) is 0 Å². The molecule has 20 heavy (non-hydrogen) atoms. The average Bonchev–Trinajstić information content (AvgIpc) is 2.96. The minimum absolute atomic E-state index is 0.00603. The van der Waals surface area contributed by atoms with Gasteiger partial charge in [-0.2, -0.15) is 0 Å². The predicted octanol–water partition coefficient (Wildman–Crippen LogP) is 3.01. The second-order valence-electron chi connectivity index (χ2n) is 4.96. The largest absolute Gasteiger partial charge is 0.481 e. The van der Waals surface area contributed by atoms with Gasteiger partial charge in [0.05, 0.1) is 0 Å². The van der Waals surface area contributed by atoms with Gasteiger partial charge in [0, 0.05) is 30.0 Å². The van der Waals surface area contributed by atoms with Crippen LogP contribution in [0.4, 0.5) is 0 Å². The molecule has 1 aromatic rings. The van der Waals surface area contributed by atoms with E-state index < -0.39 is 5.97 Å². The molecule has 0 aromatic carbocycles. The van der Waals surface area contributed by atoms with Gasteiger partial charge in [-0.05, 0) is 43.2 Å². The number of nitrogens with zero attached hydrogens (tertiary/aromatic N) is 1. The molecule has 2 rings (SSSR count). The van der Waals surface area contributed by atoms with Crippen molar-refractivity contribution in [2.45, 2.75) is 38.1 Å². The molecule has 0 spiro atoms. The summed E-state index contributed by atoms with van der Waals surface area (Å²) in [6, 6.07) is 3.98. The van der Waals surface area contributed by atoms with E-state index in [-0.39, 0.29) is 18.4 Å². The first kappa shape index (κ1) is 14.8. The molecule has 0 bridgehead atoms. The van der Waals surface area contributed by atoms with Crippen LogP contribution in [0.5, 0.6) is 0 Å². The minimum atomic E-state index is -0.794. The molecule has 1 aliphatic rings. The Labute approximate surface area is 122 Å². The van der Waals surface area contributed by atoms with Crippen molar-refractivity contribution >= 4 is 29.3 Å². The Hall–Kier alpha value is -1.62. The van der Waals surface area contributed by atoms with E-state index in [9.17, 15) is 9.59 Å². The number of amides is 1. The number of hydrogen-bond donors (Lipinski definition) is 1. The zero-order valence-corrected chi connectivity index (χ0v) is 12.1. The van der Waals surface area contributed by atoms with E-state index >= 15 is 0 Å². The van der Waals surface area contributed by atoms with Crippen LogP contribution in [0.1, 0.15) is 37.0 Å². The van der Waals surface area contributed by atoms with Crippen LogP contribution in [0.2, 0.25) is 0 Å². The van der Waals surface area contributed by atoms with Crippen molar-refractivity contribution in [3.05, 3.63) is 28.5 Å². The van der Waals surface area contributed by atoms with Gasteiger partial charge in [-0.1, -0.05) is 6.07 Å². The second-order valence-corrected chi connectivity index (χ2v) is 5.94. The molecule has 1 amide bonds. The van der Waals surface area contributed by atoms with Gasteiger partial charge in [0.2, 0.25) is 5.91 Å². The lowest BCUT2D eigenvalue weighted by Crippen LogP contribution is -2.43. The predicted molar refractivity (Wildman–Crippen MR) is 79.6 cm³/mol. The maximum Gasteiger partial charge on any atom is 0.303 e. The summed E-state index contributed by atoms with van der Waals surface area (Å²) in [4.78, 5) is 25.8. The lowest BCUT2D eigenvalue weighted by molar-refractivity contribution is -0.138. The normalized spacial score (nSPS) is 19.4. The third-order valence-corrected chi connectivity index (χ3v) is 4.37. The molecule has 0 unspecified atom stereocenters. The van der Waals surface area contributed by atoms with Gasteiger partial charge in [-0.15, -0.1) is 11.3 Å². The molecule has 4 nitrogen and oxygen atoms in total. The van der Waals surface area contributed by atoms with E-state index in [1.54, 1.807) is 17.4 Å². The van der Waals surface area contributed by atoms with Crippen LogP contribution in [0, 0.1) is 0 Å². The Bertz CT molecular complexity index is 481. The van der Waals surface area contributed by atoms with E-state index in [1.807, 2.05) is 28.5 Å². The Kier molecular flexibility index (Phi) is 5.35. The molecule has 1 fully saturated rings. The van der Waals surface area contributed by atoms with Crippen LogP contribution in [-0.2, 0) is 9.59 Å². The lowest BCUT2D eigenvalue weighted by atomic mass is 9.98. The van der Waals surface area contributed by atoms with Gasteiger partial charge in [0.1, 0.15) is 0 Å². The van der Waals surface area contributed by atoms with Crippen LogP contribution in [-0.4, -0.2) is 34.5 Å². The highest BCUT2D eigenvalue weighted by Crippen LogP contribution is 2.21. The Morgan fingerprint density at radius 2 is 2.30 bits per heavy atom. The second kappa shape index (κ2) is 7.24. The number of piperidine rings is 1. The number of hydrogen-bond acceptors (Lipinski definition) is 3. The summed E-state index contributed by atoms with van der Waals surface area (Å²) in [5, 5.41) is 10.8. The molecule has 5 heteroatoms. The molecular formula is C15H19NO3S. The Balaban J connectivity index is 1.96. The minimum Gasteiger partial charge on any atom is -0.481 e. The maximum atomic E-state index is 12.2. The summed E-state index contributed by atoms with van der Waals surface area (Å²) >= 11 is 1.59. The van der Waals surface area contributed by atoms with E-state index in [0.29, 0.717) is 6.42 Å². The maximum absolute atomic E-state index is 12.2. The highest BCUT2D eigenvalue weighted by Gasteiger charge is 2.25. The number of aliphatic carboxylic acids is 1. The van der Waals surface area contributed by atoms with Crippen molar-refractivity contribution in [2.24, 2.45) is 0 Å². The monoisotopic (exact) mass is 293 g/mol. The van der Waals surface area contributed by atoms with E-state index in [4.69, 9.17) is 5.11 Å². The van der Waals surface area contributed by atoms with Crippen LogP contribution < -0.4 is 0 Å². The zero-order valence-electron chi connectivity index (χ0n) is 11.3. The van der Waals surface area contributed by atoms with E-state index in [2.05, 4.69) is 0 Å². The van der Waals surface area contributed by atoms with Gasteiger partial charge >= 0.3 is 5.97 Å². The highest BCUT2D eigenvalue weighted by atomic mass is 32.1. The number of carbonyl (C=O) groups excluding carboxylic acids is 1. The molecular weight excluding hydrogens is 274 g/mol. The number of carboxylic acid groups (broad SMARTS) is 1. The molecule has 1 atom stereocenters. The Morgan fingerprint density at radius 1 is 1.45 bits per heavy atom. The summed E-state index contributed by atoms with van der Waals surface area (Å²) < 4.78 is 0. The average molecular weight is 293 g/mol. The molecule has 0 radical (unpaired) electrons. The van der Waals surface area contributed by atoms with Crippen molar-refractivity contribution in [3.63, 3.8) is 0 Å².